The van der Waals surface area contributed by atoms with Crippen LogP contribution in [0, 0.1) is 0 Å². The number of nitrogens with two attached hydrogens (primary N) is 1. The van der Waals surface area contributed by atoms with Crippen LogP contribution in [0.1, 0.15) is 31.9 Å². The second-order valence-corrected chi connectivity index (χ2v) is 18.3. The smallest absolute Gasteiger partial charge is 0.351 e. The lowest BCUT2D eigenvalue weighted by molar-refractivity contribution is -0.0523. The van der Waals surface area contributed by atoms with Crippen molar-refractivity contribution in [3.8, 4) is 0 Å². The fourth-order valence-electron chi connectivity index (χ4n) is 4.27. The Hall–Kier alpha value is -1.05. The quantitative estimate of drug-likeness (QED) is 0.598. The Morgan fingerprint density at radius 3 is 2.41 bits per heavy atom. The zero-order valence-electron chi connectivity index (χ0n) is 17.7. The Kier molecular flexibility index (Phi) is 5.54. The topological polar surface area (TPSA) is 109 Å². The standard InChI is InChI=1S/C19H33N3O5Si2/c1-28(2,12-5-6-12)25-11-14-17(27-29(3,4)13-7-8-13)16(23)18(26-14)22-10-9-15(20)21-19(22)24/h9-10,12-14,16-18,23H,5-8,11H2,1-4H3,(H2,20,21,24). The van der Waals surface area contributed by atoms with Gasteiger partial charge in [-0.3, -0.25) is 4.57 Å². The van der Waals surface area contributed by atoms with Crippen molar-refractivity contribution in [1.29, 1.82) is 0 Å². The summed E-state index contributed by atoms with van der Waals surface area (Å²) >= 11 is 0. The molecule has 1 aromatic heterocycles. The summed E-state index contributed by atoms with van der Waals surface area (Å²) in [5.41, 5.74) is 6.38. The molecule has 162 valence electrons. The highest BCUT2D eigenvalue weighted by Gasteiger charge is 2.52. The van der Waals surface area contributed by atoms with Crippen LogP contribution in [0.25, 0.3) is 0 Å². The first-order chi connectivity index (χ1) is 13.6. The number of rotatable bonds is 8. The van der Waals surface area contributed by atoms with E-state index in [-0.39, 0.29) is 5.82 Å². The molecule has 3 aliphatic rings. The van der Waals surface area contributed by atoms with E-state index in [1.54, 1.807) is 0 Å². The van der Waals surface area contributed by atoms with Crippen molar-refractivity contribution in [3.05, 3.63) is 22.7 Å². The monoisotopic (exact) mass is 439 g/mol. The van der Waals surface area contributed by atoms with E-state index in [1.165, 1.54) is 42.5 Å². The van der Waals surface area contributed by atoms with Crippen LogP contribution in [0.4, 0.5) is 5.82 Å². The van der Waals surface area contributed by atoms with Crippen molar-refractivity contribution in [2.45, 2.75) is 87.5 Å². The molecule has 0 amide bonds. The molecule has 4 unspecified atom stereocenters. The molecule has 1 aromatic rings. The normalized spacial score (nSPS) is 30.7. The Balaban J connectivity index is 1.55. The molecule has 0 radical (unpaired) electrons. The Labute approximate surface area is 173 Å². The minimum absolute atomic E-state index is 0.144. The SMILES string of the molecule is C[Si](C)(OCC1OC(n2ccc(N)nc2=O)C(O)C1O[Si](C)(C)C1CC1)C1CC1. The van der Waals surface area contributed by atoms with Crippen LogP contribution >= 0.6 is 0 Å². The van der Waals surface area contributed by atoms with E-state index >= 15 is 0 Å². The second kappa shape index (κ2) is 7.58. The fraction of sp³-hybridized carbons (Fsp3) is 0.789. The summed E-state index contributed by atoms with van der Waals surface area (Å²) in [4.78, 5) is 16.1. The average Bonchev–Trinajstić information content (AvgIpc) is 3.53. The van der Waals surface area contributed by atoms with Gasteiger partial charge in [0.15, 0.2) is 22.9 Å². The van der Waals surface area contributed by atoms with E-state index in [0.717, 1.165) is 0 Å². The molecular formula is C19H33N3O5Si2. The highest BCUT2D eigenvalue weighted by Crippen LogP contribution is 2.48. The van der Waals surface area contributed by atoms with Crippen molar-refractivity contribution in [1.82, 2.24) is 9.55 Å². The van der Waals surface area contributed by atoms with Gasteiger partial charge in [0, 0.05) is 6.20 Å². The first-order valence-electron chi connectivity index (χ1n) is 10.6. The summed E-state index contributed by atoms with van der Waals surface area (Å²) in [6.45, 7) is 9.24. The lowest BCUT2D eigenvalue weighted by atomic mass is 10.1. The molecule has 3 N–H and O–H groups in total. The van der Waals surface area contributed by atoms with Crippen LogP contribution in [0.2, 0.25) is 37.3 Å². The molecule has 2 aliphatic carbocycles. The van der Waals surface area contributed by atoms with Gasteiger partial charge in [-0.2, -0.15) is 4.98 Å². The zero-order chi connectivity index (χ0) is 21.0. The lowest BCUT2D eigenvalue weighted by Crippen LogP contribution is -2.47. The van der Waals surface area contributed by atoms with Gasteiger partial charge in [-0.15, -0.1) is 0 Å². The molecule has 8 nitrogen and oxygen atoms in total. The van der Waals surface area contributed by atoms with Crippen LogP contribution in [0.5, 0.6) is 0 Å². The van der Waals surface area contributed by atoms with Gasteiger partial charge in [0.2, 0.25) is 0 Å². The minimum Gasteiger partial charge on any atom is -0.414 e. The number of aromatic nitrogens is 2. The van der Waals surface area contributed by atoms with E-state index in [9.17, 15) is 9.90 Å². The van der Waals surface area contributed by atoms with Crippen LogP contribution in [0.15, 0.2) is 17.1 Å². The predicted octanol–water partition coefficient (Wildman–Crippen LogP) is 2.22. The molecule has 2 heterocycles. The van der Waals surface area contributed by atoms with E-state index in [1.807, 2.05) is 0 Å². The number of ether oxygens (including phenoxy) is 1. The number of aliphatic hydroxyl groups excluding tert-OH is 1. The maximum Gasteiger partial charge on any atom is 0.351 e. The maximum atomic E-state index is 12.3. The number of hydrogen-bond acceptors (Lipinski definition) is 7. The molecule has 29 heavy (non-hydrogen) atoms. The second-order valence-electron chi connectivity index (χ2n) is 9.75. The third-order valence-corrected chi connectivity index (χ3v) is 13.5. The van der Waals surface area contributed by atoms with Gasteiger partial charge in [0.1, 0.15) is 24.1 Å². The lowest BCUT2D eigenvalue weighted by Gasteiger charge is -2.32. The summed E-state index contributed by atoms with van der Waals surface area (Å²) in [5.74, 6) is 0.144. The van der Waals surface area contributed by atoms with Crippen LogP contribution in [-0.2, 0) is 13.6 Å². The molecule has 3 fully saturated rings. The Bertz CT molecular complexity index is 809. The molecule has 4 rings (SSSR count). The summed E-state index contributed by atoms with van der Waals surface area (Å²) in [7, 11) is -3.74. The van der Waals surface area contributed by atoms with E-state index in [4.69, 9.17) is 19.3 Å². The first kappa shape index (κ1) is 21.2. The van der Waals surface area contributed by atoms with Gasteiger partial charge < -0.3 is 24.4 Å². The average molecular weight is 440 g/mol. The molecular weight excluding hydrogens is 406 g/mol. The number of anilines is 1. The van der Waals surface area contributed by atoms with Crippen molar-refractivity contribution in [3.63, 3.8) is 0 Å². The molecule has 10 heteroatoms. The highest BCUT2D eigenvalue weighted by atomic mass is 28.4. The molecule has 0 aromatic carbocycles. The van der Waals surface area contributed by atoms with E-state index in [0.29, 0.717) is 17.7 Å². The van der Waals surface area contributed by atoms with Crippen LogP contribution < -0.4 is 11.4 Å². The van der Waals surface area contributed by atoms with E-state index < -0.39 is 46.9 Å². The summed E-state index contributed by atoms with van der Waals surface area (Å²) in [6, 6.07) is 1.53. The third kappa shape index (κ3) is 4.52. The van der Waals surface area contributed by atoms with E-state index in [2.05, 4.69) is 31.2 Å². The van der Waals surface area contributed by atoms with Gasteiger partial charge in [-0.05, 0) is 43.3 Å². The number of aliphatic hydroxyl groups is 1. The Morgan fingerprint density at radius 2 is 1.83 bits per heavy atom. The maximum absolute atomic E-state index is 12.3. The van der Waals surface area contributed by atoms with Gasteiger partial charge >= 0.3 is 5.69 Å². The largest absolute Gasteiger partial charge is 0.414 e. The third-order valence-electron chi connectivity index (χ3n) is 6.62. The van der Waals surface area contributed by atoms with Gasteiger partial charge in [0.25, 0.3) is 0 Å². The van der Waals surface area contributed by atoms with Gasteiger partial charge in [-0.25, -0.2) is 4.79 Å². The van der Waals surface area contributed by atoms with Crippen molar-refractivity contribution in [2.75, 3.05) is 12.3 Å². The van der Waals surface area contributed by atoms with Crippen molar-refractivity contribution < 1.29 is 18.7 Å². The summed E-state index contributed by atoms with van der Waals surface area (Å²) in [5, 5.41) is 11.1. The molecule has 4 atom stereocenters. The molecule has 0 spiro atoms. The molecule has 2 saturated carbocycles. The van der Waals surface area contributed by atoms with Crippen LogP contribution in [-0.4, -0.2) is 56.2 Å². The molecule has 1 saturated heterocycles. The first-order valence-corrected chi connectivity index (χ1v) is 16.6. The highest BCUT2D eigenvalue weighted by molar-refractivity contribution is 6.73. The minimum atomic E-state index is -1.96. The zero-order valence-corrected chi connectivity index (χ0v) is 19.7. The summed E-state index contributed by atoms with van der Waals surface area (Å²) in [6.07, 6.45) is 3.62. The number of hydrogen-bond donors (Lipinski definition) is 2. The summed E-state index contributed by atoms with van der Waals surface area (Å²) < 4.78 is 20.4. The van der Waals surface area contributed by atoms with Crippen LogP contribution in [0.3, 0.4) is 0 Å². The molecule has 0 bridgehead atoms. The number of nitrogen functional groups attached to an aromatic ring is 1. The number of nitrogens with zero attached hydrogens (tertiary/aromatic N) is 2. The molecule has 1 aliphatic heterocycles. The van der Waals surface area contributed by atoms with Gasteiger partial charge in [0.05, 0.1) is 6.61 Å². The van der Waals surface area contributed by atoms with Crippen molar-refractivity contribution in [2.24, 2.45) is 0 Å². The Morgan fingerprint density at radius 1 is 1.21 bits per heavy atom. The van der Waals surface area contributed by atoms with Crippen molar-refractivity contribution >= 4 is 22.5 Å². The predicted molar refractivity (Wildman–Crippen MR) is 115 cm³/mol. The van der Waals surface area contributed by atoms with Gasteiger partial charge in [-0.1, -0.05) is 25.7 Å². The fourth-order valence-corrected chi connectivity index (χ4v) is 9.40.